The van der Waals surface area contributed by atoms with E-state index in [9.17, 15) is 0 Å². The molecule has 90 valence electrons. The number of anilines is 1. The Kier molecular flexibility index (Phi) is 4.44. The monoisotopic (exact) mass is 299 g/mol. The Morgan fingerprint density at radius 3 is 2.61 bits per heavy atom. The van der Waals surface area contributed by atoms with E-state index in [0.717, 1.165) is 15.7 Å². The fourth-order valence-electron chi connectivity index (χ4n) is 1.57. The fourth-order valence-corrected chi connectivity index (χ4v) is 1.82. The first-order valence-electron chi connectivity index (χ1n) is 5.79. The molecular weight excluding hydrogens is 286 g/mol. The molecule has 1 N–H and O–H groups in total. The number of halogens is 1. The highest BCUT2D eigenvalue weighted by atomic mass is 79.9. The van der Waals surface area contributed by atoms with Gasteiger partial charge in [-0.2, -0.15) is 0 Å². The van der Waals surface area contributed by atoms with E-state index >= 15 is 0 Å². The Morgan fingerprint density at radius 1 is 1.11 bits per heavy atom. The Hall–Kier alpha value is -1.72. The third kappa shape index (κ3) is 3.65. The molecular formula is C16H14BrN. The number of nitrogens with one attached hydrogen (secondary N) is 1. The molecule has 18 heavy (non-hydrogen) atoms. The van der Waals surface area contributed by atoms with Gasteiger partial charge in [-0.05, 0) is 42.8 Å². The van der Waals surface area contributed by atoms with Gasteiger partial charge in [0.1, 0.15) is 0 Å². The van der Waals surface area contributed by atoms with Crippen LogP contribution in [0.3, 0.4) is 0 Å². The Labute approximate surface area is 116 Å². The summed E-state index contributed by atoms with van der Waals surface area (Å²) >= 11 is 3.49. The van der Waals surface area contributed by atoms with Crippen molar-refractivity contribution in [1.82, 2.24) is 0 Å². The Bertz CT molecular complexity index is 579. The molecule has 2 aromatic rings. The van der Waals surface area contributed by atoms with Crippen LogP contribution < -0.4 is 5.32 Å². The summed E-state index contributed by atoms with van der Waals surface area (Å²) in [6.07, 6.45) is 0. The van der Waals surface area contributed by atoms with Gasteiger partial charge in [0, 0.05) is 15.7 Å². The van der Waals surface area contributed by atoms with Gasteiger partial charge in [0.25, 0.3) is 0 Å². The van der Waals surface area contributed by atoms with Crippen LogP contribution in [0, 0.1) is 18.8 Å². The molecule has 0 saturated heterocycles. The molecule has 2 rings (SSSR count). The van der Waals surface area contributed by atoms with E-state index in [1.165, 1.54) is 5.56 Å². The lowest BCUT2D eigenvalue weighted by molar-refractivity contribution is 1.34. The highest BCUT2D eigenvalue weighted by molar-refractivity contribution is 9.10. The van der Waals surface area contributed by atoms with Crippen molar-refractivity contribution in [3.05, 3.63) is 64.1 Å². The molecule has 0 radical (unpaired) electrons. The van der Waals surface area contributed by atoms with Gasteiger partial charge in [0.2, 0.25) is 0 Å². The molecule has 0 bridgehead atoms. The van der Waals surface area contributed by atoms with Gasteiger partial charge in [-0.1, -0.05) is 46.0 Å². The first kappa shape index (κ1) is 12.7. The number of hydrogen-bond acceptors (Lipinski definition) is 1. The van der Waals surface area contributed by atoms with Gasteiger partial charge in [-0.15, -0.1) is 0 Å². The Balaban J connectivity index is 1.93. The quantitative estimate of drug-likeness (QED) is 0.819. The van der Waals surface area contributed by atoms with Crippen LogP contribution >= 0.6 is 15.9 Å². The summed E-state index contributed by atoms with van der Waals surface area (Å²) in [5.41, 5.74) is 3.36. The zero-order valence-corrected chi connectivity index (χ0v) is 11.8. The number of hydrogen-bond donors (Lipinski definition) is 1. The van der Waals surface area contributed by atoms with E-state index in [1.54, 1.807) is 0 Å². The van der Waals surface area contributed by atoms with Crippen molar-refractivity contribution in [2.75, 3.05) is 11.9 Å². The van der Waals surface area contributed by atoms with Crippen molar-refractivity contribution in [3.63, 3.8) is 0 Å². The van der Waals surface area contributed by atoms with Crippen LogP contribution in [-0.4, -0.2) is 6.54 Å². The van der Waals surface area contributed by atoms with Crippen molar-refractivity contribution in [1.29, 1.82) is 0 Å². The predicted octanol–water partition coefficient (Wildman–Crippen LogP) is 4.22. The maximum atomic E-state index is 3.49. The number of benzene rings is 2. The van der Waals surface area contributed by atoms with E-state index in [4.69, 9.17) is 0 Å². The summed E-state index contributed by atoms with van der Waals surface area (Å²) in [6.45, 7) is 2.72. The molecule has 1 nitrogen and oxygen atoms in total. The first-order valence-corrected chi connectivity index (χ1v) is 6.59. The largest absolute Gasteiger partial charge is 0.374 e. The Morgan fingerprint density at radius 2 is 1.89 bits per heavy atom. The molecule has 0 spiro atoms. The third-order valence-corrected chi connectivity index (χ3v) is 3.44. The minimum atomic E-state index is 0.649. The van der Waals surface area contributed by atoms with E-state index in [1.807, 2.05) is 42.5 Å². The lowest BCUT2D eigenvalue weighted by Crippen LogP contribution is -1.98. The minimum absolute atomic E-state index is 0.649. The van der Waals surface area contributed by atoms with Crippen LogP contribution in [-0.2, 0) is 0 Å². The van der Waals surface area contributed by atoms with E-state index < -0.39 is 0 Å². The summed E-state index contributed by atoms with van der Waals surface area (Å²) < 4.78 is 1.13. The van der Waals surface area contributed by atoms with E-state index in [2.05, 4.69) is 46.1 Å². The number of rotatable bonds is 2. The van der Waals surface area contributed by atoms with Gasteiger partial charge in [-0.25, -0.2) is 0 Å². The molecule has 0 aliphatic carbocycles. The molecule has 0 atom stereocenters. The zero-order chi connectivity index (χ0) is 12.8. The molecule has 0 unspecified atom stereocenters. The molecule has 0 heterocycles. The summed E-state index contributed by atoms with van der Waals surface area (Å²) in [6, 6.07) is 16.2. The fraction of sp³-hybridized carbons (Fsp3) is 0.125. The maximum Gasteiger partial charge on any atom is 0.0769 e. The molecule has 0 amide bonds. The molecule has 2 aromatic carbocycles. The topological polar surface area (TPSA) is 12.0 Å². The van der Waals surface area contributed by atoms with Gasteiger partial charge >= 0.3 is 0 Å². The normalized spacial score (nSPS) is 9.44. The summed E-state index contributed by atoms with van der Waals surface area (Å²) in [5, 5.41) is 3.29. The SMILES string of the molecule is Cc1cc(NCC#Cc2ccccc2)ccc1Br. The van der Waals surface area contributed by atoms with Crippen LogP contribution in [0.1, 0.15) is 11.1 Å². The third-order valence-electron chi connectivity index (χ3n) is 2.55. The van der Waals surface area contributed by atoms with Gasteiger partial charge in [0.05, 0.1) is 6.54 Å². The standard InChI is InChI=1S/C16H14BrN/c1-13-12-15(9-10-16(13)17)18-11-5-8-14-6-3-2-4-7-14/h2-4,6-7,9-10,12,18H,11H2,1H3. The van der Waals surface area contributed by atoms with Crippen molar-refractivity contribution < 1.29 is 0 Å². The smallest absolute Gasteiger partial charge is 0.0769 e. The van der Waals surface area contributed by atoms with Crippen molar-refractivity contribution >= 4 is 21.6 Å². The summed E-state index contributed by atoms with van der Waals surface area (Å²) in [7, 11) is 0. The van der Waals surface area contributed by atoms with Crippen molar-refractivity contribution in [2.24, 2.45) is 0 Å². The van der Waals surface area contributed by atoms with Gasteiger partial charge in [-0.3, -0.25) is 0 Å². The van der Waals surface area contributed by atoms with Crippen molar-refractivity contribution in [3.8, 4) is 11.8 Å². The average molecular weight is 300 g/mol. The van der Waals surface area contributed by atoms with E-state index in [0.29, 0.717) is 6.54 Å². The second-order valence-electron chi connectivity index (χ2n) is 3.99. The second kappa shape index (κ2) is 6.28. The van der Waals surface area contributed by atoms with E-state index in [-0.39, 0.29) is 0 Å². The van der Waals surface area contributed by atoms with Crippen LogP contribution in [0.5, 0.6) is 0 Å². The molecule has 0 fully saturated rings. The number of aryl methyl sites for hydroxylation is 1. The van der Waals surface area contributed by atoms with Gasteiger partial charge < -0.3 is 5.32 Å². The molecule has 0 aliphatic heterocycles. The predicted molar refractivity (Wildman–Crippen MR) is 80.7 cm³/mol. The molecule has 0 aromatic heterocycles. The lowest BCUT2D eigenvalue weighted by Gasteiger charge is -2.04. The minimum Gasteiger partial charge on any atom is -0.374 e. The van der Waals surface area contributed by atoms with Gasteiger partial charge in [0.15, 0.2) is 0 Å². The highest BCUT2D eigenvalue weighted by Gasteiger charge is 1.95. The maximum absolute atomic E-state index is 3.49. The van der Waals surface area contributed by atoms with Crippen LogP contribution in [0.25, 0.3) is 0 Å². The first-order chi connectivity index (χ1) is 8.75. The molecule has 0 aliphatic rings. The molecule has 2 heteroatoms. The second-order valence-corrected chi connectivity index (χ2v) is 4.84. The van der Waals surface area contributed by atoms with Crippen molar-refractivity contribution in [2.45, 2.75) is 6.92 Å². The van der Waals surface area contributed by atoms with Crippen LogP contribution in [0.4, 0.5) is 5.69 Å². The van der Waals surface area contributed by atoms with Crippen LogP contribution in [0.2, 0.25) is 0 Å². The van der Waals surface area contributed by atoms with Crippen LogP contribution in [0.15, 0.2) is 53.0 Å². The zero-order valence-electron chi connectivity index (χ0n) is 10.2. The lowest BCUT2D eigenvalue weighted by atomic mass is 10.2. The summed E-state index contributed by atoms with van der Waals surface area (Å²) in [4.78, 5) is 0. The average Bonchev–Trinajstić information content (AvgIpc) is 2.40. The summed E-state index contributed by atoms with van der Waals surface area (Å²) in [5.74, 6) is 6.23. The molecule has 0 saturated carbocycles. The highest BCUT2D eigenvalue weighted by Crippen LogP contribution is 2.19.